The van der Waals surface area contributed by atoms with Crippen LogP contribution in [0.2, 0.25) is 0 Å². The Hall–Kier alpha value is -2.14. The van der Waals surface area contributed by atoms with Gasteiger partial charge in [-0.05, 0) is 30.2 Å². The topological polar surface area (TPSA) is 63.2 Å². The van der Waals surface area contributed by atoms with E-state index < -0.39 is 9.84 Å². The molecule has 122 valence electrons. The van der Waals surface area contributed by atoms with Crippen LogP contribution in [-0.2, 0) is 27.6 Å². The third-order valence-corrected chi connectivity index (χ3v) is 5.35. The Morgan fingerprint density at radius 1 is 1.04 bits per heavy atom. The van der Waals surface area contributed by atoms with Crippen LogP contribution >= 0.6 is 0 Å². The second-order valence-corrected chi connectivity index (χ2v) is 7.77. The van der Waals surface area contributed by atoms with Crippen LogP contribution in [0.5, 0.6) is 0 Å². The first-order chi connectivity index (χ1) is 10.9. The molecule has 0 aromatic heterocycles. The van der Waals surface area contributed by atoms with Crippen molar-refractivity contribution in [2.75, 3.05) is 5.75 Å². The molecular formula is C18H21NO3S. The van der Waals surface area contributed by atoms with Crippen LogP contribution < -0.4 is 5.32 Å². The van der Waals surface area contributed by atoms with Gasteiger partial charge >= 0.3 is 0 Å². The highest BCUT2D eigenvalue weighted by molar-refractivity contribution is 7.91. The summed E-state index contributed by atoms with van der Waals surface area (Å²) in [5.41, 5.74) is 2.98. The molecule has 0 saturated heterocycles. The molecule has 2 rings (SSSR count). The van der Waals surface area contributed by atoms with Gasteiger partial charge in [0.05, 0.1) is 17.1 Å². The first kappa shape index (κ1) is 17.2. The van der Waals surface area contributed by atoms with E-state index in [-0.39, 0.29) is 11.7 Å². The van der Waals surface area contributed by atoms with E-state index in [1.807, 2.05) is 31.2 Å². The Kier molecular flexibility index (Phi) is 5.55. The average Bonchev–Trinajstić information content (AvgIpc) is 2.53. The Morgan fingerprint density at radius 3 is 2.35 bits per heavy atom. The number of hydrogen-bond acceptors (Lipinski definition) is 3. The minimum atomic E-state index is -3.18. The van der Waals surface area contributed by atoms with Crippen LogP contribution in [0.15, 0.2) is 53.4 Å². The Bertz CT molecular complexity index is 780. The monoisotopic (exact) mass is 331 g/mol. The zero-order chi connectivity index (χ0) is 16.9. The number of rotatable bonds is 6. The number of amides is 1. The van der Waals surface area contributed by atoms with Gasteiger partial charge in [-0.1, -0.05) is 48.9 Å². The average molecular weight is 331 g/mol. The van der Waals surface area contributed by atoms with Gasteiger partial charge in [0.15, 0.2) is 9.84 Å². The molecule has 0 fully saturated rings. The zero-order valence-electron chi connectivity index (χ0n) is 13.4. The Morgan fingerprint density at radius 2 is 1.74 bits per heavy atom. The van der Waals surface area contributed by atoms with Gasteiger partial charge in [0.2, 0.25) is 5.91 Å². The van der Waals surface area contributed by atoms with Crippen molar-refractivity contribution in [2.24, 2.45) is 0 Å². The van der Waals surface area contributed by atoms with E-state index in [9.17, 15) is 13.2 Å². The van der Waals surface area contributed by atoms with Gasteiger partial charge in [-0.2, -0.15) is 0 Å². The van der Waals surface area contributed by atoms with Crippen LogP contribution in [0.3, 0.4) is 0 Å². The molecular weight excluding hydrogens is 310 g/mol. The van der Waals surface area contributed by atoms with Gasteiger partial charge in [0.1, 0.15) is 0 Å². The number of carbonyl (C=O) groups is 1. The molecule has 1 amide bonds. The highest BCUT2D eigenvalue weighted by atomic mass is 32.2. The molecule has 0 spiro atoms. The zero-order valence-corrected chi connectivity index (χ0v) is 14.2. The van der Waals surface area contributed by atoms with E-state index in [0.717, 1.165) is 16.7 Å². The lowest BCUT2D eigenvalue weighted by Gasteiger charge is -2.07. The van der Waals surface area contributed by atoms with Crippen molar-refractivity contribution >= 4 is 15.7 Å². The number of carbonyl (C=O) groups excluding carboxylic acids is 1. The van der Waals surface area contributed by atoms with Crippen LogP contribution in [0.25, 0.3) is 0 Å². The first-order valence-electron chi connectivity index (χ1n) is 7.54. The van der Waals surface area contributed by atoms with E-state index in [1.54, 1.807) is 31.2 Å². The fourth-order valence-electron chi connectivity index (χ4n) is 2.25. The summed E-state index contributed by atoms with van der Waals surface area (Å²) in [5, 5.41) is 2.85. The summed E-state index contributed by atoms with van der Waals surface area (Å²) in [7, 11) is -3.18. The second-order valence-electron chi connectivity index (χ2n) is 5.49. The van der Waals surface area contributed by atoms with Crippen LogP contribution in [0, 0.1) is 6.92 Å². The minimum Gasteiger partial charge on any atom is -0.352 e. The molecule has 0 aliphatic heterocycles. The lowest BCUT2D eigenvalue weighted by atomic mass is 10.1. The van der Waals surface area contributed by atoms with Crippen LogP contribution in [0.1, 0.15) is 23.6 Å². The molecule has 0 aliphatic carbocycles. The molecule has 23 heavy (non-hydrogen) atoms. The van der Waals surface area contributed by atoms with E-state index in [0.29, 0.717) is 17.9 Å². The van der Waals surface area contributed by atoms with E-state index in [2.05, 4.69) is 5.32 Å². The maximum absolute atomic E-state index is 12.0. The summed E-state index contributed by atoms with van der Waals surface area (Å²) < 4.78 is 23.5. The molecule has 0 unspecified atom stereocenters. The molecule has 1 N–H and O–H groups in total. The summed E-state index contributed by atoms with van der Waals surface area (Å²) in [6.45, 7) is 4.00. The van der Waals surface area contributed by atoms with Crippen molar-refractivity contribution < 1.29 is 13.2 Å². The molecule has 0 bridgehead atoms. The van der Waals surface area contributed by atoms with E-state index in [4.69, 9.17) is 0 Å². The van der Waals surface area contributed by atoms with Crippen molar-refractivity contribution in [3.8, 4) is 0 Å². The van der Waals surface area contributed by atoms with Crippen LogP contribution in [0.4, 0.5) is 0 Å². The maximum atomic E-state index is 12.0. The fraction of sp³-hybridized carbons (Fsp3) is 0.278. The summed E-state index contributed by atoms with van der Waals surface area (Å²) in [5.74, 6) is 0.0281. The van der Waals surface area contributed by atoms with Crippen molar-refractivity contribution in [1.29, 1.82) is 0 Å². The number of hydrogen-bond donors (Lipinski definition) is 1. The smallest absolute Gasteiger partial charge is 0.224 e. The molecule has 0 atom stereocenters. The molecule has 0 radical (unpaired) electrons. The summed E-state index contributed by atoms with van der Waals surface area (Å²) >= 11 is 0. The number of benzene rings is 2. The van der Waals surface area contributed by atoms with Gasteiger partial charge in [0.25, 0.3) is 0 Å². The van der Waals surface area contributed by atoms with E-state index >= 15 is 0 Å². The van der Waals surface area contributed by atoms with Crippen molar-refractivity contribution in [1.82, 2.24) is 5.32 Å². The second kappa shape index (κ2) is 7.42. The molecule has 0 heterocycles. The molecule has 0 saturated carbocycles. The third-order valence-electron chi connectivity index (χ3n) is 3.60. The summed E-state index contributed by atoms with van der Waals surface area (Å²) in [6.07, 6.45) is 0.337. The van der Waals surface area contributed by atoms with Gasteiger partial charge in [-0.15, -0.1) is 0 Å². The lowest BCUT2D eigenvalue weighted by Crippen LogP contribution is -2.24. The molecule has 4 nitrogen and oxygen atoms in total. The predicted octanol–water partition coefficient (Wildman–Crippen LogP) is 2.65. The predicted molar refractivity (Wildman–Crippen MR) is 90.9 cm³/mol. The van der Waals surface area contributed by atoms with Crippen molar-refractivity contribution in [3.05, 3.63) is 65.2 Å². The lowest BCUT2D eigenvalue weighted by molar-refractivity contribution is -0.120. The van der Waals surface area contributed by atoms with E-state index in [1.165, 1.54) is 0 Å². The minimum absolute atomic E-state index is 0.0548. The highest BCUT2D eigenvalue weighted by Gasteiger charge is 2.11. The van der Waals surface area contributed by atoms with Gasteiger partial charge in [-0.3, -0.25) is 4.79 Å². The fourth-order valence-corrected chi connectivity index (χ4v) is 3.14. The van der Waals surface area contributed by atoms with Crippen molar-refractivity contribution in [2.45, 2.75) is 31.7 Å². The number of aryl methyl sites for hydroxylation is 1. The highest BCUT2D eigenvalue weighted by Crippen LogP contribution is 2.12. The van der Waals surface area contributed by atoms with Crippen molar-refractivity contribution in [3.63, 3.8) is 0 Å². The SMILES string of the molecule is CCS(=O)(=O)c1ccc(CNC(=O)Cc2cccc(C)c2)cc1. The molecule has 2 aromatic carbocycles. The number of nitrogens with one attached hydrogen (secondary N) is 1. The molecule has 0 aliphatic rings. The van der Waals surface area contributed by atoms with Crippen LogP contribution in [-0.4, -0.2) is 20.1 Å². The third kappa shape index (κ3) is 4.93. The standard InChI is InChI=1S/C18H21NO3S/c1-3-23(21,22)17-9-7-15(8-10-17)13-19-18(20)12-16-6-4-5-14(2)11-16/h4-11H,3,12-13H2,1-2H3,(H,19,20). The Labute approximate surface area is 137 Å². The molecule has 5 heteroatoms. The largest absolute Gasteiger partial charge is 0.352 e. The first-order valence-corrected chi connectivity index (χ1v) is 9.20. The maximum Gasteiger partial charge on any atom is 0.224 e. The molecule has 2 aromatic rings. The summed E-state index contributed by atoms with van der Waals surface area (Å²) in [4.78, 5) is 12.3. The van der Waals surface area contributed by atoms with Gasteiger partial charge in [0, 0.05) is 6.54 Å². The normalized spacial score (nSPS) is 11.2. The van der Waals surface area contributed by atoms with Gasteiger partial charge in [-0.25, -0.2) is 8.42 Å². The number of sulfone groups is 1. The quantitative estimate of drug-likeness (QED) is 0.885. The van der Waals surface area contributed by atoms with Gasteiger partial charge < -0.3 is 5.32 Å². The Balaban J connectivity index is 1.92. The summed E-state index contributed by atoms with van der Waals surface area (Å²) in [6, 6.07) is 14.5.